The van der Waals surface area contributed by atoms with Crippen LogP contribution in [0.2, 0.25) is 0 Å². The highest BCUT2D eigenvalue weighted by Gasteiger charge is 2.38. The summed E-state index contributed by atoms with van der Waals surface area (Å²) >= 11 is 0. The molecule has 3 nitrogen and oxygen atoms in total. The first kappa shape index (κ1) is 23.4. The molecule has 0 aromatic heterocycles. The van der Waals surface area contributed by atoms with E-state index >= 15 is 0 Å². The maximum absolute atomic E-state index is 14.4. The van der Waals surface area contributed by atoms with Crippen molar-refractivity contribution in [3.05, 3.63) is 95.6 Å². The summed E-state index contributed by atoms with van der Waals surface area (Å²) in [5.41, 5.74) is 0.419. The third kappa shape index (κ3) is 5.92. The molecule has 0 amide bonds. The van der Waals surface area contributed by atoms with Crippen molar-refractivity contribution in [1.29, 1.82) is 0 Å². The number of allylic oxidation sites excluding steroid dienone is 1. The van der Waals surface area contributed by atoms with Crippen LogP contribution in [0.15, 0.2) is 78.9 Å². The second kappa shape index (κ2) is 10.4. The topological polar surface area (TPSA) is 21.7 Å². The van der Waals surface area contributed by atoms with E-state index in [0.29, 0.717) is 29.2 Å². The van der Waals surface area contributed by atoms with Gasteiger partial charge in [0.15, 0.2) is 0 Å². The number of hydrogen-bond acceptors (Lipinski definition) is 3. The number of hydrogen-bond donors (Lipinski definition) is 0. The number of halogens is 3. The predicted octanol–water partition coefficient (Wildman–Crippen LogP) is 6.16. The molecule has 0 saturated carbocycles. The Morgan fingerprint density at radius 2 is 1.28 bits per heavy atom. The molecule has 32 heavy (non-hydrogen) atoms. The molecule has 0 bridgehead atoms. The van der Waals surface area contributed by atoms with Crippen LogP contribution in [0.3, 0.4) is 0 Å². The van der Waals surface area contributed by atoms with Gasteiger partial charge in [-0.15, -0.1) is 0 Å². The van der Waals surface area contributed by atoms with Gasteiger partial charge < -0.3 is 14.4 Å². The van der Waals surface area contributed by atoms with Crippen LogP contribution in [0, 0.1) is 0 Å². The van der Waals surface area contributed by atoms with Crippen LogP contribution in [0.25, 0.3) is 11.1 Å². The molecule has 3 rings (SSSR count). The normalized spacial score (nSPS) is 12.5. The van der Waals surface area contributed by atoms with E-state index in [1.807, 2.05) is 19.0 Å². The first-order valence-electron chi connectivity index (χ1n) is 10.2. The van der Waals surface area contributed by atoms with Crippen molar-refractivity contribution in [2.45, 2.75) is 6.18 Å². The lowest BCUT2D eigenvalue weighted by Gasteiger charge is -2.20. The fraction of sp³-hybridized carbons (Fsp3) is 0.231. The Morgan fingerprint density at radius 1 is 0.750 bits per heavy atom. The lowest BCUT2D eigenvalue weighted by Crippen LogP contribution is -2.19. The Bertz CT molecular complexity index is 1030. The van der Waals surface area contributed by atoms with E-state index in [-0.39, 0.29) is 11.1 Å². The minimum Gasteiger partial charge on any atom is -0.497 e. The van der Waals surface area contributed by atoms with Gasteiger partial charge in [0.2, 0.25) is 0 Å². The summed E-state index contributed by atoms with van der Waals surface area (Å²) in [6.45, 7) is 1.23. The first-order valence-corrected chi connectivity index (χ1v) is 10.2. The van der Waals surface area contributed by atoms with E-state index in [9.17, 15) is 13.2 Å². The van der Waals surface area contributed by atoms with E-state index in [1.54, 1.807) is 66.7 Å². The minimum absolute atomic E-state index is 0.103. The van der Waals surface area contributed by atoms with Gasteiger partial charge in [0.05, 0.1) is 12.7 Å². The van der Waals surface area contributed by atoms with Crippen molar-refractivity contribution in [1.82, 2.24) is 4.90 Å². The van der Waals surface area contributed by atoms with Gasteiger partial charge in [-0.3, -0.25) is 0 Å². The maximum atomic E-state index is 14.4. The van der Waals surface area contributed by atoms with Crippen molar-refractivity contribution in [2.75, 3.05) is 34.4 Å². The summed E-state index contributed by atoms with van der Waals surface area (Å²) in [5, 5.41) is 0. The molecule has 0 spiro atoms. The van der Waals surface area contributed by atoms with Gasteiger partial charge in [-0.2, -0.15) is 13.2 Å². The fourth-order valence-corrected chi connectivity index (χ4v) is 3.33. The Hall–Kier alpha value is -3.25. The summed E-state index contributed by atoms with van der Waals surface area (Å²) < 4.78 is 54.0. The van der Waals surface area contributed by atoms with E-state index in [2.05, 4.69) is 0 Å². The predicted molar refractivity (Wildman–Crippen MR) is 122 cm³/mol. The van der Waals surface area contributed by atoms with Gasteiger partial charge in [0.1, 0.15) is 18.1 Å². The van der Waals surface area contributed by atoms with Crippen molar-refractivity contribution in [3.8, 4) is 11.5 Å². The molecule has 3 aromatic rings. The van der Waals surface area contributed by atoms with Crippen LogP contribution in [-0.4, -0.2) is 45.4 Å². The number of benzene rings is 3. The van der Waals surface area contributed by atoms with Gasteiger partial charge in [-0.25, -0.2) is 0 Å². The van der Waals surface area contributed by atoms with Crippen LogP contribution in [0.1, 0.15) is 16.7 Å². The van der Waals surface area contributed by atoms with E-state index < -0.39 is 11.7 Å². The number of nitrogens with zero attached hydrogens (tertiary/aromatic N) is 1. The summed E-state index contributed by atoms with van der Waals surface area (Å²) in [4.78, 5) is 1.99. The fourth-order valence-electron chi connectivity index (χ4n) is 3.33. The molecule has 0 aliphatic carbocycles. The maximum Gasteiger partial charge on any atom is 0.417 e. The lowest BCUT2D eigenvalue weighted by atomic mass is 9.89. The summed E-state index contributed by atoms with van der Waals surface area (Å²) in [6, 6.07) is 21.2. The lowest BCUT2D eigenvalue weighted by molar-refractivity contribution is -0.0685. The second-order valence-corrected chi connectivity index (χ2v) is 7.52. The van der Waals surface area contributed by atoms with E-state index in [1.165, 1.54) is 19.2 Å². The molecular formula is C26H26F3NO2. The molecule has 0 fully saturated rings. The zero-order valence-corrected chi connectivity index (χ0v) is 18.3. The number of likely N-dealkylation sites (N-methyl/N-ethyl adjacent to an activating group) is 1. The van der Waals surface area contributed by atoms with Crippen LogP contribution in [0.4, 0.5) is 13.2 Å². The Morgan fingerprint density at radius 3 is 1.75 bits per heavy atom. The molecule has 0 unspecified atom stereocenters. The van der Waals surface area contributed by atoms with Gasteiger partial charge in [0, 0.05) is 12.1 Å². The molecule has 0 radical (unpaired) electrons. The smallest absolute Gasteiger partial charge is 0.417 e. The quantitative estimate of drug-likeness (QED) is 0.391. The Kier molecular flexibility index (Phi) is 7.59. The molecular weight excluding hydrogens is 415 g/mol. The summed E-state index contributed by atoms with van der Waals surface area (Å²) in [5.74, 6) is 1.18. The monoisotopic (exact) mass is 441 g/mol. The first-order chi connectivity index (χ1) is 15.3. The van der Waals surface area contributed by atoms with Gasteiger partial charge in [-0.1, -0.05) is 54.6 Å². The molecule has 0 saturated heterocycles. The van der Waals surface area contributed by atoms with Gasteiger partial charge >= 0.3 is 6.18 Å². The van der Waals surface area contributed by atoms with Crippen molar-refractivity contribution in [3.63, 3.8) is 0 Å². The number of alkyl halides is 3. The van der Waals surface area contributed by atoms with E-state index in [0.717, 1.165) is 6.54 Å². The average Bonchev–Trinajstić information content (AvgIpc) is 2.78. The minimum atomic E-state index is -4.56. The molecule has 6 heteroatoms. The van der Waals surface area contributed by atoms with Crippen molar-refractivity contribution >= 4 is 11.1 Å². The molecule has 0 aliphatic heterocycles. The molecule has 0 atom stereocenters. The summed E-state index contributed by atoms with van der Waals surface area (Å²) in [7, 11) is 5.41. The second-order valence-electron chi connectivity index (χ2n) is 7.52. The number of methoxy groups -OCH3 is 1. The molecule has 0 aliphatic rings. The highest BCUT2D eigenvalue weighted by Crippen LogP contribution is 2.43. The Balaban J connectivity index is 2.13. The molecule has 0 N–H and O–H groups in total. The van der Waals surface area contributed by atoms with Gasteiger partial charge in [-0.05, 0) is 55.1 Å². The Labute approximate surface area is 186 Å². The molecule has 0 heterocycles. The zero-order chi connectivity index (χ0) is 23.1. The van der Waals surface area contributed by atoms with Crippen LogP contribution in [-0.2, 0) is 0 Å². The third-order valence-corrected chi connectivity index (χ3v) is 4.92. The SMILES string of the molecule is COc1ccc(C(=C(c2ccccc2)C(F)(F)F)c2ccc(OCCN(C)C)cc2)cc1. The van der Waals surface area contributed by atoms with Crippen LogP contribution >= 0.6 is 0 Å². The number of ether oxygens (including phenoxy) is 2. The number of rotatable bonds is 8. The highest BCUT2D eigenvalue weighted by molar-refractivity contribution is 6.00. The summed E-state index contributed by atoms with van der Waals surface area (Å²) in [6.07, 6.45) is -4.56. The average molecular weight is 441 g/mol. The highest BCUT2D eigenvalue weighted by atomic mass is 19.4. The molecule has 168 valence electrons. The van der Waals surface area contributed by atoms with Gasteiger partial charge in [0.25, 0.3) is 0 Å². The molecule has 3 aromatic carbocycles. The standard InChI is InChI=1S/C26H26F3NO2/c1-30(2)17-18-32-23-15-11-20(12-16-23)24(19-9-13-22(31-3)14-10-19)25(26(27,28)29)21-7-5-4-6-8-21/h4-16H,17-18H2,1-3H3. The van der Waals surface area contributed by atoms with Crippen LogP contribution < -0.4 is 9.47 Å². The van der Waals surface area contributed by atoms with E-state index in [4.69, 9.17) is 9.47 Å². The van der Waals surface area contributed by atoms with Crippen LogP contribution in [0.5, 0.6) is 11.5 Å². The van der Waals surface area contributed by atoms with Crippen molar-refractivity contribution in [2.24, 2.45) is 0 Å². The van der Waals surface area contributed by atoms with Crippen molar-refractivity contribution < 1.29 is 22.6 Å². The third-order valence-electron chi connectivity index (χ3n) is 4.92. The zero-order valence-electron chi connectivity index (χ0n) is 18.3. The largest absolute Gasteiger partial charge is 0.497 e.